The molecule has 1 amide bonds. The molecule has 0 bridgehead atoms. The number of aryl methyl sites for hydroxylation is 1. The molecule has 2 rings (SSSR count). The first-order valence-corrected chi connectivity index (χ1v) is 10.3. The summed E-state index contributed by atoms with van der Waals surface area (Å²) in [6, 6.07) is 6.17. The minimum absolute atomic E-state index is 0.0264. The average Bonchev–Trinajstić information content (AvgIpc) is 3.12. The first kappa shape index (κ1) is 20.6. The lowest BCUT2D eigenvalue weighted by molar-refractivity contribution is 0.0951. The number of halogens is 1. The maximum atomic E-state index is 12.4. The molecular weight excluding hydrogens is 424 g/mol. The quantitative estimate of drug-likeness (QED) is 0.539. The van der Waals surface area contributed by atoms with Gasteiger partial charge in [0.1, 0.15) is 0 Å². The average molecular weight is 445 g/mol. The van der Waals surface area contributed by atoms with Gasteiger partial charge in [-0.15, -0.1) is 0 Å². The summed E-state index contributed by atoms with van der Waals surface area (Å²) < 4.78 is 34.1. The molecule has 1 aromatic carbocycles. The van der Waals surface area contributed by atoms with Gasteiger partial charge in [-0.2, -0.15) is 5.10 Å². The second kappa shape index (κ2) is 9.81. The molecule has 0 spiro atoms. The second-order valence-corrected chi connectivity index (χ2v) is 8.03. The Bertz CT molecular complexity index is 825. The molecule has 142 valence electrons. The molecule has 1 aromatic heterocycles. The van der Waals surface area contributed by atoms with E-state index >= 15 is 0 Å². The fraction of sp³-hybridized carbons (Fsp3) is 0.375. The highest BCUT2D eigenvalue weighted by Crippen LogP contribution is 2.21. The van der Waals surface area contributed by atoms with Gasteiger partial charge in [0.15, 0.2) is 0 Å². The summed E-state index contributed by atoms with van der Waals surface area (Å²) in [5, 5.41) is 6.88. The first-order valence-electron chi connectivity index (χ1n) is 7.98. The maximum Gasteiger partial charge on any atom is 0.252 e. The van der Waals surface area contributed by atoms with E-state index in [4.69, 9.17) is 4.74 Å². The largest absolute Gasteiger partial charge is 0.383 e. The Morgan fingerprint density at radius 1 is 1.35 bits per heavy atom. The summed E-state index contributed by atoms with van der Waals surface area (Å²) >= 11 is 3.29. The summed E-state index contributed by atoms with van der Waals surface area (Å²) in [5.41, 5.74) is 0.263. The van der Waals surface area contributed by atoms with Crippen molar-refractivity contribution in [3.8, 4) is 0 Å². The molecule has 0 saturated heterocycles. The van der Waals surface area contributed by atoms with Crippen LogP contribution in [0.2, 0.25) is 0 Å². The fourth-order valence-corrected chi connectivity index (χ4v) is 3.64. The molecule has 26 heavy (non-hydrogen) atoms. The second-order valence-electron chi connectivity index (χ2n) is 5.41. The third-order valence-corrected chi connectivity index (χ3v) is 5.65. The van der Waals surface area contributed by atoms with Crippen molar-refractivity contribution in [2.45, 2.75) is 17.9 Å². The number of benzene rings is 1. The highest BCUT2D eigenvalue weighted by Gasteiger charge is 2.18. The van der Waals surface area contributed by atoms with E-state index in [9.17, 15) is 13.2 Å². The third-order valence-electron chi connectivity index (χ3n) is 3.50. The molecule has 10 heteroatoms. The van der Waals surface area contributed by atoms with Crippen LogP contribution in [0.4, 0.5) is 0 Å². The van der Waals surface area contributed by atoms with Crippen molar-refractivity contribution in [3.05, 3.63) is 46.7 Å². The molecule has 0 aliphatic carbocycles. The Morgan fingerprint density at radius 2 is 2.15 bits per heavy atom. The highest BCUT2D eigenvalue weighted by atomic mass is 79.9. The lowest BCUT2D eigenvalue weighted by atomic mass is 10.2. The third kappa shape index (κ3) is 5.90. The van der Waals surface area contributed by atoms with E-state index in [1.165, 1.54) is 19.2 Å². The maximum absolute atomic E-state index is 12.4. The number of ether oxygens (including phenoxy) is 1. The van der Waals surface area contributed by atoms with Crippen LogP contribution in [0.5, 0.6) is 0 Å². The van der Waals surface area contributed by atoms with Crippen LogP contribution in [-0.2, 0) is 21.3 Å². The number of hydrogen-bond donors (Lipinski definition) is 2. The topological polar surface area (TPSA) is 102 Å². The molecule has 1 heterocycles. The van der Waals surface area contributed by atoms with Crippen molar-refractivity contribution in [2.24, 2.45) is 0 Å². The zero-order valence-corrected chi connectivity index (χ0v) is 16.7. The fourth-order valence-electron chi connectivity index (χ4n) is 2.18. The van der Waals surface area contributed by atoms with Crippen molar-refractivity contribution < 1.29 is 17.9 Å². The van der Waals surface area contributed by atoms with Gasteiger partial charge in [0.2, 0.25) is 10.0 Å². The number of nitrogens with one attached hydrogen (secondary N) is 2. The summed E-state index contributed by atoms with van der Waals surface area (Å²) in [6.07, 6.45) is 4.26. The minimum atomic E-state index is -3.70. The summed E-state index contributed by atoms with van der Waals surface area (Å²) in [5.74, 6) is -0.341. The van der Waals surface area contributed by atoms with Crippen LogP contribution in [-0.4, -0.2) is 50.9 Å². The number of carbonyl (C=O) groups excluding carboxylic acids is 1. The van der Waals surface area contributed by atoms with Gasteiger partial charge in [-0.1, -0.05) is 0 Å². The number of carbonyl (C=O) groups is 1. The number of methoxy groups -OCH3 is 1. The van der Waals surface area contributed by atoms with Crippen LogP contribution in [0.1, 0.15) is 16.8 Å². The van der Waals surface area contributed by atoms with Crippen molar-refractivity contribution >= 4 is 31.9 Å². The number of aromatic nitrogens is 2. The van der Waals surface area contributed by atoms with Gasteiger partial charge < -0.3 is 10.1 Å². The number of sulfonamides is 1. The van der Waals surface area contributed by atoms with Gasteiger partial charge in [-0.25, -0.2) is 13.1 Å². The van der Waals surface area contributed by atoms with E-state index in [1.807, 2.05) is 12.3 Å². The van der Waals surface area contributed by atoms with E-state index in [0.29, 0.717) is 24.0 Å². The monoisotopic (exact) mass is 444 g/mol. The lowest BCUT2D eigenvalue weighted by Gasteiger charge is -2.10. The van der Waals surface area contributed by atoms with E-state index < -0.39 is 10.0 Å². The van der Waals surface area contributed by atoms with Crippen LogP contribution in [0.15, 0.2) is 46.0 Å². The zero-order chi connectivity index (χ0) is 19.0. The standard InChI is InChI=1S/C16H21BrN4O4S/c1-25-11-8-20-26(23,24)13-4-5-15(17)14(12-13)16(22)18-6-2-9-21-10-3-7-19-21/h3-5,7,10,12,20H,2,6,8-9,11H2,1H3,(H,18,22). The molecule has 0 fully saturated rings. The van der Waals surface area contributed by atoms with Gasteiger partial charge in [0.25, 0.3) is 5.91 Å². The molecule has 0 unspecified atom stereocenters. The predicted octanol–water partition coefficient (Wildman–Crippen LogP) is 1.39. The Labute approximate surface area is 161 Å². The van der Waals surface area contributed by atoms with Crippen LogP contribution in [0, 0.1) is 0 Å². The van der Waals surface area contributed by atoms with Crippen LogP contribution >= 0.6 is 15.9 Å². The van der Waals surface area contributed by atoms with Crippen molar-refractivity contribution in [2.75, 3.05) is 26.8 Å². The van der Waals surface area contributed by atoms with Gasteiger partial charge in [-0.05, 0) is 46.6 Å². The van der Waals surface area contributed by atoms with Crippen molar-refractivity contribution in [3.63, 3.8) is 0 Å². The predicted molar refractivity (Wildman–Crippen MR) is 100 cm³/mol. The van der Waals surface area contributed by atoms with E-state index in [0.717, 1.165) is 0 Å². The Kier molecular flexibility index (Phi) is 7.76. The number of nitrogens with zero attached hydrogens (tertiary/aromatic N) is 2. The van der Waals surface area contributed by atoms with Crippen molar-refractivity contribution in [1.82, 2.24) is 19.8 Å². The normalized spacial score (nSPS) is 11.5. The zero-order valence-electron chi connectivity index (χ0n) is 14.3. The van der Waals surface area contributed by atoms with E-state index in [-0.39, 0.29) is 29.5 Å². The van der Waals surface area contributed by atoms with Gasteiger partial charge >= 0.3 is 0 Å². The van der Waals surface area contributed by atoms with Crippen LogP contribution < -0.4 is 10.0 Å². The molecule has 0 saturated carbocycles. The number of amides is 1. The summed E-state index contributed by atoms with van der Waals surface area (Å²) in [7, 11) is -2.21. The SMILES string of the molecule is COCCNS(=O)(=O)c1ccc(Br)c(C(=O)NCCCn2cccn2)c1. The van der Waals surface area contributed by atoms with Gasteiger partial charge in [0, 0.05) is 43.6 Å². The molecule has 0 aliphatic heterocycles. The number of rotatable bonds is 10. The summed E-state index contributed by atoms with van der Waals surface area (Å²) in [4.78, 5) is 12.4. The summed E-state index contributed by atoms with van der Waals surface area (Å²) in [6.45, 7) is 1.56. The van der Waals surface area contributed by atoms with Crippen LogP contribution in [0.3, 0.4) is 0 Å². The van der Waals surface area contributed by atoms with E-state index in [1.54, 1.807) is 16.9 Å². The molecular formula is C16H21BrN4O4S. The highest BCUT2D eigenvalue weighted by molar-refractivity contribution is 9.10. The Hall–Kier alpha value is -1.75. The van der Waals surface area contributed by atoms with E-state index in [2.05, 4.69) is 31.1 Å². The molecule has 2 N–H and O–H groups in total. The molecule has 0 atom stereocenters. The Balaban J connectivity index is 1.98. The van der Waals surface area contributed by atoms with Crippen LogP contribution in [0.25, 0.3) is 0 Å². The minimum Gasteiger partial charge on any atom is -0.383 e. The molecule has 0 aliphatic rings. The Morgan fingerprint density at radius 3 is 2.85 bits per heavy atom. The van der Waals surface area contributed by atoms with Crippen molar-refractivity contribution in [1.29, 1.82) is 0 Å². The first-order chi connectivity index (χ1) is 12.4. The molecule has 2 aromatic rings. The lowest BCUT2D eigenvalue weighted by Crippen LogP contribution is -2.28. The molecule has 0 radical (unpaired) electrons. The van der Waals surface area contributed by atoms with Gasteiger partial charge in [-0.3, -0.25) is 9.48 Å². The van der Waals surface area contributed by atoms with Gasteiger partial charge in [0.05, 0.1) is 17.1 Å². The molecule has 8 nitrogen and oxygen atoms in total. The number of hydrogen-bond acceptors (Lipinski definition) is 5. The smallest absolute Gasteiger partial charge is 0.252 e.